The topological polar surface area (TPSA) is 38.0 Å². The zero-order valence-electron chi connectivity index (χ0n) is 9.91. The Labute approximate surface area is 101 Å². The lowest BCUT2D eigenvalue weighted by Gasteiger charge is -2.36. The highest BCUT2D eigenvalue weighted by atomic mass is 35.5. The van der Waals surface area contributed by atoms with E-state index < -0.39 is 5.60 Å². The predicted octanol–water partition coefficient (Wildman–Crippen LogP) is 2.95. The van der Waals surface area contributed by atoms with Crippen LogP contribution in [-0.4, -0.2) is 14.9 Å². The molecular weight excluding hydrogens is 224 g/mol. The van der Waals surface area contributed by atoms with Crippen molar-refractivity contribution in [2.45, 2.75) is 51.7 Å². The van der Waals surface area contributed by atoms with Gasteiger partial charge in [-0.1, -0.05) is 24.9 Å². The summed E-state index contributed by atoms with van der Waals surface area (Å²) in [7, 11) is 0. The van der Waals surface area contributed by atoms with Crippen LogP contribution in [0.5, 0.6) is 0 Å². The van der Waals surface area contributed by atoms with Crippen LogP contribution in [0.1, 0.15) is 45.2 Å². The summed E-state index contributed by atoms with van der Waals surface area (Å²) in [6, 6.07) is 0. The zero-order chi connectivity index (χ0) is 11.8. The number of aromatic nitrogens is 2. The third-order valence-corrected chi connectivity index (χ3v) is 3.79. The Kier molecular flexibility index (Phi) is 3.27. The summed E-state index contributed by atoms with van der Waals surface area (Å²) in [6.07, 6.45) is 5.47. The van der Waals surface area contributed by atoms with E-state index >= 15 is 0 Å². The van der Waals surface area contributed by atoms with E-state index in [1.165, 1.54) is 6.42 Å². The largest absolute Gasteiger partial charge is 0.384 e. The molecule has 2 unspecified atom stereocenters. The molecule has 16 heavy (non-hydrogen) atoms. The molecule has 2 atom stereocenters. The van der Waals surface area contributed by atoms with Crippen molar-refractivity contribution in [3.63, 3.8) is 0 Å². The average molecular weight is 243 g/mol. The molecule has 1 aromatic rings. The Hall–Kier alpha value is -0.540. The Morgan fingerprint density at radius 3 is 3.06 bits per heavy atom. The Bertz CT molecular complexity index is 377. The van der Waals surface area contributed by atoms with Crippen molar-refractivity contribution < 1.29 is 5.11 Å². The molecule has 1 fully saturated rings. The minimum atomic E-state index is -0.777. The molecule has 1 heterocycles. The SMILES string of the molecule is CCn1ncc(Cl)c1C1(O)CCCC(C)C1. The Balaban J connectivity index is 2.37. The van der Waals surface area contributed by atoms with Crippen LogP contribution in [0.3, 0.4) is 0 Å². The van der Waals surface area contributed by atoms with Crippen molar-refractivity contribution in [2.75, 3.05) is 0 Å². The lowest BCUT2D eigenvalue weighted by Crippen LogP contribution is -2.34. The van der Waals surface area contributed by atoms with Gasteiger partial charge in [-0.2, -0.15) is 5.10 Å². The van der Waals surface area contributed by atoms with Crippen LogP contribution in [0, 0.1) is 5.92 Å². The molecule has 0 spiro atoms. The molecule has 2 rings (SSSR count). The van der Waals surface area contributed by atoms with E-state index in [2.05, 4.69) is 12.0 Å². The molecule has 0 bridgehead atoms. The molecule has 0 radical (unpaired) electrons. The smallest absolute Gasteiger partial charge is 0.108 e. The van der Waals surface area contributed by atoms with Gasteiger partial charge in [0.15, 0.2) is 0 Å². The van der Waals surface area contributed by atoms with Crippen LogP contribution in [0.2, 0.25) is 5.02 Å². The first-order valence-electron chi connectivity index (χ1n) is 6.01. The van der Waals surface area contributed by atoms with Crippen molar-refractivity contribution in [1.82, 2.24) is 9.78 Å². The molecule has 1 saturated carbocycles. The maximum absolute atomic E-state index is 10.7. The van der Waals surface area contributed by atoms with Gasteiger partial charge in [0.1, 0.15) is 5.60 Å². The van der Waals surface area contributed by atoms with E-state index in [4.69, 9.17) is 11.6 Å². The first-order chi connectivity index (χ1) is 7.57. The predicted molar refractivity (Wildman–Crippen MR) is 64.4 cm³/mol. The summed E-state index contributed by atoms with van der Waals surface area (Å²) >= 11 is 6.15. The summed E-state index contributed by atoms with van der Waals surface area (Å²) in [5, 5.41) is 15.5. The van der Waals surface area contributed by atoms with Crippen molar-refractivity contribution in [3.05, 3.63) is 16.9 Å². The van der Waals surface area contributed by atoms with E-state index in [0.717, 1.165) is 31.5 Å². The molecule has 4 heteroatoms. The molecule has 3 nitrogen and oxygen atoms in total. The highest BCUT2D eigenvalue weighted by Crippen LogP contribution is 2.42. The van der Waals surface area contributed by atoms with E-state index in [9.17, 15) is 5.11 Å². The van der Waals surface area contributed by atoms with E-state index in [-0.39, 0.29) is 0 Å². The van der Waals surface area contributed by atoms with Crippen LogP contribution in [0.25, 0.3) is 0 Å². The van der Waals surface area contributed by atoms with Crippen molar-refractivity contribution in [3.8, 4) is 0 Å². The molecule has 1 aliphatic carbocycles. The molecule has 90 valence electrons. The van der Waals surface area contributed by atoms with Gasteiger partial charge in [0.05, 0.1) is 16.9 Å². The van der Waals surface area contributed by atoms with Crippen molar-refractivity contribution >= 4 is 11.6 Å². The number of halogens is 1. The highest BCUT2D eigenvalue weighted by Gasteiger charge is 2.38. The number of rotatable bonds is 2. The maximum atomic E-state index is 10.7. The molecular formula is C12H19ClN2O. The quantitative estimate of drug-likeness (QED) is 0.866. The second-order valence-electron chi connectivity index (χ2n) is 4.89. The minimum absolute atomic E-state index is 0.551. The van der Waals surface area contributed by atoms with Crippen LogP contribution in [0.15, 0.2) is 6.20 Å². The van der Waals surface area contributed by atoms with Crippen molar-refractivity contribution in [2.24, 2.45) is 5.92 Å². The number of aliphatic hydroxyl groups is 1. The van der Waals surface area contributed by atoms with Crippen LogP contribution >= 0.6 is 11.6 Å². The van der Waals surface area contributed by atoms with Crippen molar-refractivity contribution in [1.29, 1.82) is 0 Å². The van der Waals surface area contributed by atoms with E-state index in [0.29, 0.717) is 10.9 Å². The number of hydrogen-bond donors (Lipinski definition) is 1. The van der Waals surface area contributed by atoms with Gasteiger partial charge < -0.3 is 5.11 Å². The number of aryl methyl sites for hydroxylation is 1. The summed E-state index contributed by atoms with van der Waals surface area (Å²) in [4.78, 5) is 0. The third-order valence-electron chi connectivity index (χ3n) is 3.51. The van der Waals surface area contributed by atoms with Gasteiger partial charge in [0, 0.05) is 6.54 Å². The fraction of sp³-hybridized carbons (Fsp3) is 0.750. The lowest BCUT2D eigenvalue weighted by atomic mass is 9.77. The summed E-state index contributed by atoms with van der Waals surface area (Å²) < 4.78 is 1.82. The van der Waals surface area contributed by atoms with Gasteiger partial charge >= 0.3 is 0 Å². The maximum Gasteiger partial charge on any atom is 0.108 e. The summed E-state index contributed by atoms with van der Waals surface area (Å²) in [5.74, 6) is 0.551. The fourth-order valence-corrected chi connectivity index (χ4v) is 3.12. The van der Waals surface area contributed by atoms with Gasteiger partial charge in [-0.05, 0) is 32.1 Å². The van der Waals surface area contributed by atoms with Gasteiger partial charge in [-0.25, -0.2) is 0 Å². The van der Waals surface area contributed by atoms with Gasteiger partial charge in [-0.15, -0.1) is 0 Å². The molecule has 0 aliphatic heterocycles. The molecule has 1 aliphatic rings. The average Bonchev–Trinajstić information content (AvgIpc) is 2.59. The Morgan fingerprint density at radius 2 is 2.44 bits per heavy atom. The summed E-state index contributed by atoms with van der Waals surface area (Å²) in [5.41, 5.74) is 0.0320. The molecule has 1 N–H and O–H groups in total. The molecule has 1 aromatic heterocycles. The van der Waals surface area contributed by atoms with Gasteiger partial charge in [0.25, 0.3) is 0 Å². The first-order valence-corrected chi connectivity index (χ1v) is 6.39. The molecule has 0 amide bonds. The summed E-state index contributed by atoms with van der Waals surface area (Å²) in [6.45, 7) is 4.95. The van der Waals surface area contributed by atoms with Gasteiger partial charge in [-0.3, -0.25) is 4.68 Å². The second-order valence-corrected chi connectivity index (χ2v) is 5.30. The monoisotopic (exact) mass is 242 g/mol. The van der Waals surface area contributed by atoms with Crippen LogP contribution < -0.4 is 0 Å². The number of hydrogen-bond acceptors (Lipinski definition) is 2. The van der Waals surface area contributed by atoms with Crippen LogP contribution in [0.4, 0.5) is 0 Å². The molecule has 0 aromatic carbocycles. The lowest BCUT2D eigenvalue weighted by molar-refractivity contribution is -0.0251. The zero-order valence-corrected chi connectivity index (χ0v) is 10.7. The second kappa shape index (κ2) is 4.38. The Morgan fingerprint density at radius 1 is 1.69 bits per heavy atom. The third kappa shape index (κ3) is 1.98. The standard InChI is InChI=1S/C12H19ClN2O/c1-3-15-11(10(13)8-14-15)12(16)6-4-5-9(2)7-12/h8-9,16H,3-7H2,1-2H3. The minimum Gasteiger partial charge on any atom is -0.384 e. The number of nitrogens with zero attached hydrogens (tertiary/aromatic N) is 2. The fourth-order valence-electron chi connectivity index (χ4n) is 2.80. The van der Waals surface area contributed by atoms with E-state index in [1.807, 2.05) is 11.6 Å². The van der Waals surface area contributed by atoms with Crippen LogP contribution in [-0.2, 0) is 12.1 Å². The highest BCUT2D eigenvalue weighted by molar-refractivity contribution is 6.31. The normalized spacial score (nSPS) is 30.6. The first kappa shape index (κ1) is 11.9. The van der Waals surface area contributed by atoms with Gasteiger partial charge in [0.2, 0.25) is 0 Å². The van der Waals surface area contributed by atoms with E-state index in [1.54, 1.807) is 6.20 Å². The molecule has 0 saturated heterocycles.